The van der Waals surface area contributed by atoms with Crippen molar-refractivity contribution in [3.8, 4) is 0 Å². The van der Waals surface area contributed by atoms with Gasteiger partial charge in [0.25, 0.3) is 0 Å². The monoisotopic (exact) mass is 494 g/mol. The van der Waals surface area contributed by atoms with Crippen molar-refractivity contribution in [2.24, 2.45) is 5.92 Å². The molecule has 0 aromatic heterocycles. The molecular formula is C24H28F2N2O5S. The molecule has 1 atom stereocenters. The number of benzene rings is 2. The van der Waals surface area contributed by atoms with E-state index in [0.29, 0.717) is 6.07 Å². The lowest BCUT2D eigenvalue weighted by Crippen LogP contribution is -2.44. The molecule has 1 fully saturated rings. The van der Waals surface area contributed by atoms with E-state index in [1.807, 2.05) is 6.07 Å². The van der Waals surface area contributed by atoms with Crippen LogP contribution in [0.1, 0.15) is 44.7 Å². The highest BCUT2D eigenvalue weighted by Crippen LogP contribution is 2.27. The van der Waals surface area contributed by atoms with E-state index in [0.717, 1.165) is 22.0 Å². The van der Waals surface area contributed by atoms with E-state index in [1.54, 1.807) is 38.1 Å². The molecule has 184 valence electrons. The first-order valence-corrected chi connectivity index (χ1v) is 12.5. The summed E-state index contributed by atoms with van der Waals surface area (Å²) in [4.78, 5) is 24.5. The third kappa shape index (κ3) is 6.38. The average Bonchev–Trinajstić information content (AvgIpc) is 2.80. The zero-order valence-corrected chi connectivity index (χ0v) is 19.9. The molecule has 1 N–H and O–H groups in total. The Labute approximate surface area is 198 Å². The SMILES string of the molecule is CC(C)OC(=O)CC(NC(=O)C1CCN(S(=O)(=O)c2cc(F)ccc2F)CC1)c1ccccc1. The molecule has 0 aliphatic carbocycles. The van der Waals surface area contributed by atoms with E-state index in [2.05, 4.69) is 5.32 Å². The highest BCUT2D eigenvalue weighted by atomic mass is 32.2. The Kier molecular flexibility index (Phi) is 8.37. The van der Waals surface area contributed by atoms with Gasteiger partial charge in [0.1, 0.15) is 16.5 Å². The van der Waals surface area contributed by atoms with Crippen LogP contribution in [0.4, 0.5) is 8.78 Å². The molecule has 0 saturated carbocycles. The molecule has 2 aromatic carbocycles. The molecule has 2 aromatic rings. The zero-order chi connectivity index (χ0) is 24.9. The predicted octanol–water partition coefficient (Wildman–Crippen LogP) is 3.56. The Morgan fingerprint density at radius 3 is 2.35 bits per heavy atom. The molecule has 1 heterocycles. The van der Waals surface area contributed by atoms with Gasteiger partial charge in [0.05, 0.1) is 18.6 Å². The van der Waals surface area contributed by atoms with E-state index in [-0.39, 0.29) is 44.4 Å². The number of hydrogen-bond acceptors (Lipinski definition) is 5. The van der Waals surface area contributed by atoms with E-state index in [1.165, 1.54) is 0 Å². The first-order valence-electron chi connectivity index (χ1n) is 11.1. The van der Waals surface area contributed by atoms with Crippen LogP contribution >= 0.6 is 0 Å². The first kappa shape index (κ1) is 25.8. The van der Waals surface area contributed by atoms with Crippen molar-refractivity contribution in [1.29, 1.82) is 0 Å². The standard InChI is InChI=1S/C24H28F2N2O5S/c1-16(2)33-23(29)15-21(17-6-4-3-5-7-17)27-24(30)18-10-12-28(13-11-18)34(31,32)22-14-19(25)8-9-20(22)26/h3-9,14,16,18,21H,10-13,15H2,1-2H3,(H,27,30). The van der Waals surface area contributed by atoms with Gasteiger partial charge in [-0.1, -0.05) is 30.3 Å². The maximum absolute atomic E-state index is 14.0. The lowest BCUT2D eigenvalue weighted by Gasteiger charge is -2.31. The molecule has 10 heteroatoms. The van der Waals surface area contributed by atoms with Crippen LogP contribution in [-0.4, -0.2) is 43.8 Å². The largest absolute Gasteiger partial charge is 0.463 e. The Bertz CT molecular complexity index is 1120. The number of halogens is 2. The van der Waals surface area contributed by atoms with Crippen LogP contribution in [0.15, 0.2) is 53.4 Å². The minimum absolute atomic E-state index is 0.0121. The smallest absolute Gasteiger partial charge is 0.308 e. The number of esters is 1. The molecule has 1 amide bonds. The van der Waals surface area contributed by atoms with Crippen LogP contribution in [0.3, 0.4) is 0 Å². The molecule has 1 unspecified atom stereocenters. The summed E-state index contributed by atoms with van der Waals surface area (Å²) in [6, 6.07) is 10.7. The second-order valence-corrected chi connectivity index (χ2v) is 10.4. The van der Waals surface area contributed by atoms with Gasteiger partial charge in [-0.05, 0) is 50.5 Å². The summed E-state index contributed by atoms with van der Waals surface area (Å²) in [5.74, 6) is -3.11. The van der Waals surface area contributed by atoms with Crippen molar-refractivity contribution in [2.75, 3.05) is 13.1 Å². The maximum atomic E-state index is 14.0. The molecule has 1 aliphatic rings. The summed E-state index contributed by atoms with van der Waals surface area (Å²) in [5, 5.41) is 2.89. The van der Waals surface area contributed by atoms with Crippen molar-refractivity contribution < 1.29 is 31.5 Å². The number of piperidine rings is 1. The van der Waals surface area contributed by atoms with E-state index in [9.17, 15) is 26.8 Å². The number of hydrogen-bond donors (Lipinski definition) is 1. The van der Waals surface area contributed by atoms with Crippen molar-refractivity contribution in [1.82, 2.24) is 9.62 Å². The lowest BCUT2D eigenvalue weighted by molar-refractivity contribution is -0.148. The highest BCUT2D eigenvalue weighted by Gasteiger charge is 2.34. The van der Waals surface area contributed by atoms with E-state index >= 15 is 0 Å². The van der Waals surface area contributed by atoms with Gasteiger partial charge in [-0.2, -0.15) is 4.31 Å². The normalized spacial score (nSPS) is 16.3. The van der Waals surface area contributed by atoms with Crippen molar-refractivity contribution in [3.63, 3.8) is 0 Å². The fourth-order valence-electron chi connectivity index (χ4n) is 3.88. The molecule has 1 aliphatic heterocycles. The van der Waals surface area contributed by atoms with Crippen LogP contribution in [0.25, 0.3) is 0 Å². The minimum Gasteiger partial charge on any atom is -0.463 e. The molecule has 0 spiro atoms. The molecule has 0 radical (unpaired) electrons. The first-order chi connectivity index (χ1) is 16.1. The predicted molar refractivity (Wildman–Crippen MR) is 121 cm³/mol. The lowest BCUT2D eigenvalue weighted by atomic mass is 9.95. The maximum Gasteiger partial charge on any atom is 0.308 e. The van der Waals surface area contributed by atoms with Crippen LogP contribution in [0.2, 0.25) is 0 Å². The summed E-state index contributed by atoms with van der Waals surface area (Å²) in [5.41, 5.74) is 0.748. The Balaban J connectivity index is 1.66. The summed E-state index contributed by atoms with van der Waals surface area (Å²) in [6.45, 7) is 3.46. The summed E-state index contributed by atoms with van der Waals surface area (Å²) < 4.78 is 59.4. The summed E-state index contributed by atoms with van der Waals surface area (Å²) >= 11 is 0. The molecule has 1 saturated heterocycles. The van der Waals surface area contributed by atoms with E-state index < -0.39 is 44.5 Å². The molecule has 7 nitrogen and oxygen atoms in total. The van der Waals surface area contributed by atoms with Crippen LogP contribution in [0.5, 0.6) is 0 Å². The number of sulfonamides is 1. The van der Waals surface area contributed by atoms with Gasteiger partial charge < -0.3 is 10.1 Å². The third-order valence-corrected chi connectivity index (χ3v) is 7.51. The third-order valence-electron chi connectivity index (χ3n) is 5.59. The van der Waals surface area contributed by atoms with Gasteiger partial charge >= 0.3 is 5.97 Å². The number of nitrogens with one attached hydrogen (secondary N) is 1. The second-order valence-electron chi connectivity index (χ2n) is 8.47. The van der Waals surface area contributed by atoms with Crippen LogP contribution in [0, 0.1) is 17.6 Å². The Hall–Kier alpha value is -2.85. The van der Waals surface area contributed by atoms with Gasteiger partial charge in [-0.3, -0.25) is 9.59 Å². The Morgan fingerprint density at radius 2 is 1.74 bits per heavy atom. The quantitative estimate of drug-likeness (QED) is 0.567. The van der Waals surface area contributed by atoms with Crippen molar-refractivity contribution in [2.45, 2.75) is 50.2 Å². The van der Waals surface area contributed by atoms with E-state index in [4.69, 9.17) is 4.74 Å². The fraction of sp³-hybridized carbons (Fsp3) is 0.417. The minimum atomic E-state index is -4.23. The van der Waals surface area contributed by atoms with Gasteiger partial charge in [-0.25, -0.2) is 17.2 Å². The van der Waals surface area contributed by atoms with Crippen LogP contribution in [-0.2, 0) is 24.3 Å². The van der Waals surface area contributed by atoms with Gasteiger partial charge in [-0.15, -0.1) is 0 Å². The van der Waals surface area contributed by atoms with Crippen LogP contribution < -0.4 is 5.32 Å². The van der Waals surface area contributed by atoms with Crippen molar-refractivity contribution >= 4 is 21.9 Å². The molecule has 0 bridgehead atoms. The second kappa shape index (κ2) is 11.1. The number of ether oxygens (including phenoxy) is 1. The summed E-state index contributed by atoms with van der Waals surface area (Å²) in [7, 11) is -4.23. The Morgan fingerprint density at radius 1 is 1.09 bits per heavy atom. The van der Waals surface area contributed by atoms with Crippen molar-refractivity contribution in [3.05, 3.63) is 65.7 Å². The highest BCUT2D eigenvalue weighted by molar-refractivity contribution is 7.89. The molecule has 34 heavy (non-hydrogen) atoms. The number of carbonyl (C=O) groups excluding carboxylic acids is 2. The number of carbonyl (C=O) groups is 2. The number of rotatable bonds is 8. The number of nitrogens with zero attached hydrogens (tertiary/aromatic N) is 1. The zero-order valence-electron chi connectivity index (χ0n) is 19.0. The fourth-order valence-corrected chi connectivity index (χ4v) is 5.42. The van der Waals surface area contributed by atoms with Gasteiger partial charge in [0.15, 0.2) is 0 Å². The average molecular weight is 495 g/mol. The molecule has 3 rings (SSSR count). The van der Waals surface area contributed by atoms with Gasteiger partial charge in [0, 0.05) is 19.0 Å². The number of amides is 1. The summed E-state index contributed by atoms with van der Waals surface area (Å²) in [6.07, 6.45) is 0.0914. The van der Waals surface area contributed by atoms with Gasteiger partial charge in [0.2, 0.25) is 15.9 Å². The molecular weight excluding hydrogens is 466 g/mol. The topological polar surface area (TPSA) is 92.8 Å².